The summed E-state index contributed by atoms with van der Waals surface area (Å²) in [4.78, 5) is 44.7. The number of amides is 3. The van der Waals surface area contributed by atoms with E-state index < -0.39 is 11.6 Å². The van der Waals surface area contributed by atoms with Crippen molar-refractivity contribution in [1.29, 1.82) is 0 Å². The van der Waals surface area contributed by atoms with E-state index in [2.05, 4.69) is 10.3 Å². The Labute approximate surface area is 157 Å². The normalized spacial score (nSPS) is 23.0. The molecule has 3 amide bonds. The van der Waals surface area contributed by atoms with Crippen molar-refractivity contribution < 1.29 is 14.4 Å². The molecule has 2 aromatic rings. The van der Waals surface area contributed by atoms with E-state index in [0.717, 1.165) is 22.2 Å². The van der Waals surface area contributed by atoms with E-state index in [-0.39, 0.29) is 17.7 Å². The topological polar surface area (TPSA) is 85.5 Å². The van der Waals surface area contributed by atoms with Gasteiger partial charge in [0.05, 0.1) is 6.54 Å². The largest absolute Gasteiger partial charge is 0.357 e. The van der Waals surface area contributed by atoms with E-state index in [1.807, 2.05) is 24.3 Å². The molecule has 0 unspecified atom stereocenters. The average molecular weight is 368 g/mol. The van der Waals surface area contributed by atoms with Crippen molar-refractivity contribution >= 4 is 28.6 Å². The van der Waals surface area contributed by atoms with E-state index in [0.29, 0.717) is 25.9 Å². The number of aromatic amines is 1. The lowest BCUT2D eigenvalue weighted by Gasteiger charge is -2.43. The molecule has 2 N–H and O–H groups in total. The van der Waals surface area contributed by atoms with E-state index >= 15 is 0 Å². The molecule has 7 nitrogen and oxygen atoms in total. The number of para-hydroxylation sites is 1. The summed E-state index contributed by atoms with van der Waals surface area (Å²) in [6.07, 6.45) is 1.01. The minimum absolute atomic E-state index is 0.123. The van der Waals surface area contributed by atoms with Crippen LogP contribution >= 0.6 is 0 Å². The summed E-state index contributed by atoms with van der Waals surface area (Å²) in [5.74, 6) is -0.454. The van der Waals surface area contributed by atoms with Gasteiger partial charge in [0.2, 0.25) is 17.7 Å². The van der Waals surface area contributed by atoms with Crippen LogP contribution in [-0.2, 0) is 27.3 Å². The summed E-state index contributed by atoms with van der Waals surface area (Å²) in [6.45, 7) is 4.09. The summed E-state index contributed by atoms with van der Waals surface area (Å²) in [6, 6.07) is 7.45. The molecule has 0 aliphatic carbocycles. The van der Waals surface area contributed by atoms with Gasteiger partial charge in [0.1, 0.15) is 11.6 Å². The summed E-state index contributed by atoms with van der Waals surface area (Å²) >= 11 is 0. The number of nitrogens with one attached hydrogen (secondary N) is 2. The summed E-state index contributed by atoms with van der Waals surface area (Å²) in [7, 11) is 1.57. The van der Waals surface area contributed by atoms with Crippen LogP contribution in [0.15, 0.2) is 24.3 Å². The zero-order chi connectivity index (χ0) is 19.3. The lowest BCUT2D eigenvalue weighted by Crippen LogP contribution is -2.60. The number of likely N-dealkylation sites (N-methyl/N-ethyl adjacent to an activating group) is 1. The highest BCUT2D eigenvalue weighted by Crippen LogP contribution is 2.41. The fraction of sp³-hybridized carbons (Fsp3) is 0.450. The molecular weight excluding hydrogens is 344 g/mol. The van der Waals surface area contributed by atoms with Gasteiger partial charge in [-0.1, -0.05) is 18.2 Å². The van der Waals surface area contributed by atoms with Crippen molar-refractivity contribution in [3.63, 3.8) is 0 Å². The fourth-order valence-corrected chi connectivity index (χ4v) is 4.62. The Morgan fingerprint density at radius 3 is 2.74 bits per heavy atom. The minimum atomic E-state index is -0.911. The van der Waals surface area contributed by atoms with Gasteiger partial charge in [-0.2, -0.15) is 0 Å². The maximum absolute atomic E-state index is 13.5. The second kappa shape index (κ2) is 6.11. The van der Waals surface area contributed by atoms with Crippen LogP contribution in [0.5, 0.6) is 0 Å². The van der Waals surface area contributed by atoms with Gasteiger partial charge in [-0.25, -0.2) is 0 Å². The van der Waals surface area contributed by atoms with Crippen LogP contribution in [0.2, 0.25) is 0 Å². The molecule has 0 saturated carbocycles. The SMILES string of the molecule is CNC(=O)[C@H](C)N1CC[C@@]2(Cc3c([nH]c4ccccc34)CN2C(C)=O)C1=O. The summed E-state index contributed by atoms with van der Waals surface area (Å²) in [5, 5.41) is 3.70. The summed E-state index contributed by atoms with van der Waals surface area (Å²) < 4.78 is 0. The maximum Gasteiger partial charge on any atom is 0.249 e. The third kappa shape index (κ3) is 2.44. The van der Waals surface area contributed by atoms with Crippen molar-refractivity contribution in [2.45, 2.75) is 44.8 Å². The molecular formula is C20H24N4O3. The van der Waals surface area contributed by atoms with Crippen molar-refractivity contribution in [3.8, 4) is 0 Å². The second-order valence-corrected chi connectivity index (χ2v) is 7.48. The third-order valence-corrected chi connectivity index (χ3v) is 6.10. The molecule has 1 aromatic carbocycles. The number of H-pyrrole nitrogens is 1. The molecule has 142 valence electrons. The van der Waals surface area contributed by atoms with Crippen molar-refractivity contribution in [2.75, 3.05) is 13.6 Å². The Balaban J connectivity index is 1.78. The van der Waals surface area contributed by atoms with Crippen LogP contribution in [0.4, 0.5) is 0 Å². The maximum atomic E-state index is 13.5. The average Bonchev–Trinajstić information content (AvgIpc) is 3.18. The van der Waals surface area contributed by atoms with Crippen molar-refractivity contribution in [1.82, 2.24) is 20.1 Å². The van der Waals surface area contributed by atoms with E-state index in [4.69, 9.17) is 0 Å². The number of likely N-dealkylation sites (tertiary alicyclic amines) is 1. The van der Waals surface area contributed by atoms with Crippen molar-refractivity contribution in [3.05, 3.63) is 35.5 Å². The highest BCUT2D eigenvalue weighted by Gasteiger charge is 2.55. The quantitative estimate of drug-likeness (QED) is 0.835. The number of hydrogen-bond donors (Lipinski definition) is 2. The zero-order valence-corrected chi connectivity index (χ0v) is 15.8. The molecule has 3 heterocycles. The summed E-state index contributed by atoms with van der Waals surface area (Å²) in [5.41, 5.74) is 2.20. The molecule has 4 rings (SSSR count). The van der Waals surface area contributed by atoms with Crippen molar-refractivity contribution in [2.24, 2.45) is 0 Å². The Morgan fingerprint density at radius 1 is 1.30 bits per heavy atom. The van der Waals surface area contributed by atoms with Gasteiger partial charge < -0.3 is 20.1 Å². The standard InChI is InChI=1S/C20H24N4O3/c1-12(18(26)21-3)23-9-8-20(19(23)27)10-15-14-6-4-5-7-16(14)22-17(15)11-24(20)13(2)25/h4-7,12,22H,8-11H2,1-3H3,(H,21,26)/t12-,20+/m0/s1. The monoisotopic (exact) mass is 368 g/mol. The van der Waals surface area contributed by atoms with Crippen LogP contribution in [0.3, 0.4) is 0 Å². The van der Waals surface area contributed by atoms with Crippen LogP contribution in [-0.4, -0.2) is 57.7 Å². The number of nitrogens with zero attached hydrogens (tertiary/aromatic N) is 2. The van der Waals surface area contributed by atoms with E-state index in [1.165, 1.54) is 6.92 Å². The number of carbonyl (C=O) groups is 3. The van der Waals surface area contributed by atoms with Gasteiger partial charge in [-0.15, -0.1) is 0 Å². The Morgan fingerprint density at radius 2 is 2.04 bits per heavy atom. The number of rotatable bonds is 2. The first kappa shape index (κ1) is 17.6. The number of hydrogen-bond acceptors (Lipinski definition) is 3. The molecule has 1 saturated heterocycles. The molecule has 7 heteroatoms. The molecule has 2 aliphatic rings. The molecule has 0 radical (unpaired) electrons. The van der Waals surface area contributed by atoms with Crippen LogP contribution in [0.25, 0.3) is 10.9 Å². The smallest absolute Gasteiger partial charge is 0.249 e. The van der Waals surface area contributed by atoms with Gasteiger partial charge in [0.25, 0.3) is 0 Å². The zero-order valence-electron chi connectivity index (χ0n) is 15.8. The molecule has 1 spiro atoms. The van der Waals surface area contributed by atoms with Crippen LogP contribution < -0.4 is 5.32 Å². The molecule has 2 aliphatic heterocycles. The third-order valence-electron chi connectivity index (χ3n) is 6.10. The molecule has 1 fully saturated rings. The number of fused-ring (bicyclic) bond motifs is 3. The minimum Gasteiger partial charge on any atom is -0.357 e. The fourth-order valence-electron chi connectivity index (χ4n) is 4.62. The lowest BCUT2D eigenvalue weighted by molar-refractivity contribution is -0.151. The number of benzene rings is 1. The molecule has 0 bridgehead atoms. The van der Waals surface area contributed by atoms with Gasteiger partial charge in [0.15, 0.2) is 0 Å². The van der Waals surface area contributed by atoms with Crippen LogP contribution in [0.1, 0.15) is 31.5 Å². The van der Waals surface area contributed by atoms with Gasteiger partial charge in [-0.05, 0) is 25.0 Å². The number of carbonyl (C=O) groups excluding carboxylic acids is 3. The van der Waals surface area contributed by atoms with Gasteiger partial charge in [-0.3, -0.25) is 14.4 Å². The Bertz CT molecular complexity index is 950. The Kier molecular flexibility index (Phi) is 3.98. The first-order valence-electron chi connectivity index (χ1n) is 9.28. The molecule has 27 heavy (non-hydrogen) atoms. The second-order valence-electron chi connectivity index (χ2n) is 7.48. The highest BCUT2D eigenvalue weighted by molar-refractivity contribution is 5.98. The lowest BCUT2D eigenvalue weighted by atomic mass is 9.82. The molecule has 1 aromatic heterocycles. The van der Waals surface area contributed by atoms with Crippen LogP contribution in [0, 0.1) is 0 Å². The predicted octanol–water partition coefficient (Wildman–Crippen LogP) is 1.18. The first-order chi connectivity index (χ1) is 12.9. The van der Waals surface area contributed by atoms with E-state index in [9.17, 15) is 14.4 Å². The Hall–Kier alpha value is -2.83. The first-order valence-corrected chi connectivity index (χ1v) is 9.28. The van der Waals surface area contributed by atoms with E-state index in [1.54, 1.807) is 23.8 Å². The predicted molar refractivity (Wildman–Crippen MR) is 101 cm³/mol. The number of aromatic nitrogens is 1. The molecule has 2 atom stereocenters. The van der Waals surface area contributed by atoms with Gasteiger partial charge >= 0.3 is 0 Å². The highest BCUT2D eigenvalue weighted by atomic mass is 16.2. The van der Waals surface area contributed by atoms with Gasteiger partial charge in [0, 0.05) is 43.5 Å².